The Bertz CT molecular complexity index is 1670. The summed E-state index contributed by atoms with van der Waals surface area (Å²) in [6.07, 6.45) is 46.3. The maximum atomic E-state index is 13.0. The topological polar surface area (TPSA) is 237 Å². The lowest BCUT2D eigenvalue weighted by atomic mass is 10.0. The molecule has 0 aromatic heterocycles. The number of unbranched alkanes of at least 4 members (excludes halogenated alkanes) is 39. The van der Waals surface area contributed by atoms with Crippen molar-refractivity contribution in [1.82, 2.24) is 0 Å². The number of ether oxygens (including phenoxy) is 4. The van der Waals surface area contributed by atoms with Crippen molar-refractivity contribution < 1.29 is 80.2 Å². The van der Waals surface area contributed by atoms with Crippen LogP contribution >= 0.6 is 15.6 Å². The summed E-state index contributed by atoms with van der Waals surface area (Å²) in [6.45, 7) is 7.15. The van der Waals surface area contributed by atoms with Gasteiger partial charge in [0.2, 0.25) is 0 Å². The second-order valence-electron chi connectivity index (χ2n) is 24.7. The van der Waals surface area contributed by atoms with E-state index in [0.29, 0.717) is 25.7 Å². The molecular formula is C67H130O17P2. The summed E-state index contributed by atoms with van der Waals surface area (Å²) in [4.78, 5) is 72.0. The Labute approximate surface area is 524 Å². The molecule has 510 valence electrons. The third kappa shape index (κ3) is 60.9. The number of esters is 4. The molecule has 0 aromatic rings. The van der Waals surface area contributed by atoms with Gasteiger partial charge >= 0.3 is 39.5 Å². The van der Waals surface area contributed by atoms with E-state index in [2.05, 4.69) is 34.6 Å². The number of hydrogen-bond donors (Lipinski definition) is 3. The lowest BCUT2D eigenvalue weighted by molar-refractivity contribution is -0.161. The molecule has 0 radical (unpaired) electrons. The zero-order valence-electron chi connectivity index (χ0n) is 55.4. The van der Waals surface area contributed by atoms with Crippen LogP contribution in [-0.4, -0.2) is 96.7 Å². The van der Waals surface area contributed by atoms with Crippen molar-refractivity contribution >= 4 is 39.5 Å². The first-order chi connectivity index (χ1) is 41.5. The summed E-state index contributed by atoms with van der Waals surface area (Å²) in [5.41, 5.74) is 0. The number of carbonyl (C=O) groups excluding carboxylic acids is 4. The van der Waals surface area contributed by atoms with Gasteiger partial charge in [0.05, 0.1) is 26.4 Å². The second kappa shape index (κ2) is 60.6. The molecule has 0 bridgehead atoms. The molecule has 0 aliphatic carbocycles. The Morgan fingerprint density at radius 3 is 0.791 bits per heavy atom. The molecule has 0 aliphatic heterocycles. The van der Waals surface area contributed by atoms with Crippen molar-refractivity contribution in [3.63, 3.8) is 0 Å². The molecule has 0 spiro atoms. The third-order valence-corrected chi connectivity index (χ3v) is 17.4. The first-order valence-corrected chi connectivity index (χ1v) is 38.1. The first kappa shape index (κ1) is 84.1. The number of rotatable bonds is 67. The van der Waals surface area contributed by atoms with E-state index in [1.807, 2.05) is 0 Å². The molecule has 19 heteroatoms. The van der Waals surface area contributed by atoms with Crippen LogP contribution in [0.2, 0.25) is 0 Å². The van der Waals surface area contributed by atoms with Crippen LogP contribution in [0.25, 0.3) is 0 Å². The summed E-state index contributed by atoms with van der Waals surface area (Å²) >= 11 is 0. The fraction of sp³-hybridized carbons (Fsp3) is 0.940. The molecule has 2 unspecified atom stereocenters. The second-order valence-corrected chi connectivity index (χ2v) is 27.6. The molecule has 0 aliphatic rings. The van der Waals surface area contributed by atoms with E-state index in [0.717, 1.165) is 102 Å². The number of aliphatic hydroxyl groups is 1. The molecule has 0 amide bonds. The zero-order valence-corrected chi connectivity index (χ0v) is 57.2. The summed E-state index contributed by atoms with van der Waals surface area (Å²) in [5.74, 6) is -1.32. The van der Waals surface area contributed by atoms with Gasteiger partial charge in [-0.05, 0) is 31.6 Å². The largest absolute Gasteiger partial charge is 0.472 e. The molecule has 0 heterocycles. The van der Waals surface area contributed by atoms with Crippen molar-refractivity contribution in [1.29, 1.82) is 0 Å². The van der Waals surface area contributed by atoms with Crippen LogP contribution in [0.5, 0.6) is 0 Å². The van der Waals surface area contributed by atoms with Crippen molar-refractivity contribution in [2.45, 2.75) is 361 Å². The van der Waals surface area contributed by atoms with E-state index in [9.17, 15) is 43.2 Å². The lowest BCUT2D eigenvalue weighted by Gasteiger charge is -2.21. The predicted octanol–water partition coefficient (Wildman–Crippen LogP) is 19.0. The fourth-order valence-corrected chi connectivity index (χ4v) is 11.7. The predicted molar refractivity (Wildman–Crippen MR) is 345 cm³/mol. The van der Waals surface area contributed by atoms with E-state index in [1.165, 1.54) is 161 Å². The molecule has 0 saturated heterocycles. The normalized spacial score (nSPS) is 14.2. The SMILES string of the molecule is CCCCCCCCCCCCCC(=O)OC[C@H](COP(=O)(O)OC[C@@H](O)COP(=O)(O)OC[C@@H](COC(=O)CCCCCCC)OC(=O)CCCCCCCCCCC)OC(=O)CCCCCCCCCCCCCCCCCCCCC(C)C. The average Bonchev–Trinajstić information content (AvgIpc) is 3.69. The van der Waals surface area contributed by atoms with Gasteiger partial charge in [-0.3, -0.25) is 37.3 Å². The lowest BCUT2D eigenvalue weighted by Crippen LogP contribution is -2.30. The molecule has 0 fully saturated rings. The Hall–Kier alpha value is -1.94. The minimum absolute atomic E-state index is 0.105. The van der Waals surface area contributed by atoms with Gasteiger partial charge < -0.3 is 33.8 Å². The van der Waals surface area contributed by atoms with Gasteiger partial charge in [-0.1, -0.05) is 291 Å². The first-order valence-electron chi connectivity index (χ1n) is 35.1. The minimum atomic E-state index is -4.94. The fourth-order valence-electron chi connectivity index (χ4n) is 10.1. The van der Waals surface area contributed by atoms with Crippen LogP contribution in [0.3, 0.4) is 0 Å². The molecule has 0 saturated carbocycles. The quantitative estimate of drug-likeness (QED) is 0.0222. The average molecular weight is 1270 g/mol. The molecule has 17 nitrogen and oxygen atoms in total. The van der Waals surface area contributed by atoms with Crippen LogP contribution in [0.1, 0.15) is 343 Å². The molecule has 0 aromatic carbocycles. The van der Waals surface area contributed by atoms with Crippen LogP contribution in [0.15, 0.2) is 0 Å². The van der Waals surface area contributed by atoms with Gasteiger partial charge in [0, 0.05) is 25.7 Å². The van der Waals surface area contributed by atoms with E-state index in [1.54, 1.807) is 0 Å². The van der Waals surface area contributed by atoms with Crippen LogP contribution < -0.4 is 0 Å². The maximum Gasteiger partial charge on any atom is 0.472 e. The Kier molecular flexibility index (Phi) is 59.2. The van der Waals surface area contributed by atoms with E-state index >= 15 is 0 Å². The van der Waals surface area contributed by atoms with E-state index in [4.69, 9.17) is 37.0 Å². The van der Waals surface area contributed by atoms with Crippen molar-refractivity contribution in [3.05, 3.63) is 0 Å². The Morgan fingerprint density at radius 2 is 0.535 bits per heavy atom. The third-order valence-electron chi connectivity index (χ3n) is 15.5. The van der Waals surface area contributed by atoms with E-state index in [-0.39, 0.29) is 25.7 Å². The van der Waals surface area contributed by atoms with Gasteiger partial charge in [-0.15, -0.1) is 0 Å². The van der Waals surface area contributed by atoms with Gasteiger partial charge in [-0.2, -0.15) is 0 Å². The highest BCUT2D eigenvalue weighted by molar-refractivity contribution is 7.47. The van der Waals surface area contributed by atoms with Crippen LogP contribution in [-0.2, 0) is 65.4 Å². The monoisotopic (exact) mass is 1270 g/mol. The highest BCUT2D eigenvalue weighted by atomic mass is 31.2. The van der Waals surface area contributed by atoms with Gasteiger partial charge in [0.15, 0.2) is 12.2 Å². The zero-order chi connectivity index (χ0) is 63.5. The van der Waals surface area contributed by atoms with Gasteiger partial charge in [0.25, 0.3) is 0 Å². The van der Waals surface area contributed by atoms with Crippen molar-refractivity contribution in [2.75, 3.05) is 39.6 Å². The number of aliphatic hydroxyl groups excluding tert-OH is 1. The molecular weight excluding hydrogens is 1140 g/mol. The van der Waals surface area contributed by atoms with Gasteiger partial charge in [0.1, 0.15) is 19.3 Å². The molecule has 86 heavy (non-hydrogen) atoms. The van der Waals surface area contributed by atoms with Crippen molar-refractivity contribution in [3.8, 4) is 0 Å². The number of phosphoric acid groups is 2. The molecule has 0 rings (SSSR count). The minimum Gasteiger partial charge on any atom is -0.462 e. The summed E-state index contributed by atoms with van der Waals surface area (Å²) in [6, 6.07) is 0. The summed E-state index contributed by atoms with van der Waals surface area (Å²) < 4.78 is 67.8. The van der Waals surface area contributed by atoms with Gasteiger partial charge in [-0.25, -0.2) is 9.13 Å². The standard InChI is InChI=1S/C67H130O17P2/c1-6-9-12-15-17-19-28-33-36-41-46-51-65(70)78-57-63(84-67(72)53-48-43-38-34-30-27-25-23-21-20-22-24-26-29-32-35-40-44-49-60(4)5)59-82-86(75,76)80-55-61(68)54-79-85(73,74)81-58-62(56-77-64(69)50-45-39-14-11-8-3)83-66(71)52-47-42-37-31-18-16-13-10-7-2/h60-63,68H,6-59H2,1-5H3,(H,73,74)(H,75,76)/t61-,62+,63+/m0/s1. The number of carbonyl (C=O) groups is 4. The molecule has 5 atom stereocenters. The summed E-state index contributed by atoms with van der Waals surface area (Å²) in [5, 5.41) is 10.5. The molecule has 3 N–H and O–H groups in total. The number of phosphoric ester groups is 2. The number of hydrogen-bond acceptors (Lipinski definition) is 15. The maximum absolute atomic E-state index is 13.0. The Morgan fingerprint density at radius 1 is 0.314 bits per heavy atom. The summed E-state index contributed by atoms with van der Waals surface area (Å²) in [7, 11) is -9.88. The van der Waals surface area contributed by atoms with E-state index < -0.39 is 97.5 Å². The highest BCUT2D eigenvalue weighted by Gasteiger charge is 2.30. The van der Waals surface area contributed by atoms with Crippen molar-refractivity contribution in [2.24, 2.45) is 5.92 Å². The Balaban J connectivity index is 5.08. The highest BCUT2D eigenvalue weighted by Crippen LogP contribution is 2.45. The smallest absolute Gasteiger partial charge is 0.462 e. The van der Waals surface area contributed by atoms with Crippen LogP contribution in [0, 0.1) is 5.92 Å². The van der Waals surface area contributed by atoms with Crippen LogP contribution in [0.4, 0.5) is 0 Å².